The Bertz CT molecular complexity index is 1270. The summed E-state index contributed by atoms with van der Waals surface area (Å²) in [4.78, 5) is 0.233. The number of hydrogen-bond donors (Lipinski definition) is 0. The van der Waals surface area contributed by atoms with Gasteiger partial charge in [-0.05, 0) is 24.6 Å². The van der Waals surface area contributed by atoms with E-state index in [9.17, 15) is 8.42 Å². The average Bonchev–Trinajstić information content (AvgIpc) is 3.22. The summed E-state index contributed by atoms with van der Waals surface area (Å²) < 4.78 is 40.8. The van der Waals surface area contributed by atoms with Crippen LogP contribution in [-0.2, 0) is 25.3 Å². The van der Waals surface area contributed by atoms with E-state index in [4.69, 9.17) is 9.47 Å². The maximum atomic E-state index is 13.5. The molecular formula is C24H21NO4S. The monoisotopic (exact) mass is 419 g/mol. The number of ether oxygens (including phenoxy) is 2. The molecule has 2 heterocycles. The highest BCUT2D eigenvalue weighted by Gasteiger charge is 2.42. The van der Waals surface area contributed by atoms with Gasteiger partial charge in [0.2, 0.25) is 5.79 Å². The zero-order valence-electron chi connectivity index (χ0n) is 16.3. The zero-order chi connectivity index (χ0) is 20.6. The van der Waals surface area contributed by atoms with Crippen molar-refractivity contribution in [3.8, 4) is 0 Å². The standard InChI is InChI=1S/C24H21NO4S/c26-30(27,20-12-5-2-6-13-20)25-18-22(21-14-7-8-15-23(21)25)24(28-16-9-17-29-24)19-10-3-1-4-11-19/h1-8,10-15,18H,9,16-17H2. The number of fused-ring (bicyclic) bond motifs is 1. The van der Waals surface area contributed by atoms with E-state index in [1.165, 1.54) is 3.97 Å². The molecule has 0 saturated carbocycles. The Kier molecular flexibility index (Phi) is 4.70. The second-order valence-electron chi connectivity index (χ2n) is 7.21. The molecule has 30 heavy (non-hydrogen) atoms. The second-order valence-corrected chi connectivity index (χ2v) is 9.02. The van der Waals surface area contributed by atoms with E-state index in [0.29, 0.717) is 24.3 Å². The van der Waals surface area contributed by atoms with E-state index >= 15 is 0 Å². The Hall–Kier alpha value is -2.93. The van der Waals surface area contributed by atoms with Crippen LogP contribution in [0.15, 0.2) is 96.0 Å². The summed E-state index contributed by atoms with van der Waals surface area (Å²) in [6.45, 7) is 1.06. The number of hydrogen-bond acceptors (Lipinski definition) is 4. The summed E-state index contributed by atoms with van der Waals surface area (Å²) in [6, 6.07) is 25.6. The SMILES string of the molecule is O=S(=O)(c1ccccc1)n1cc(C2(c3ccccc3)OCCCO2)c2ccccc21. The van der Waals surface area contributed by atoms with Gasteiger partial charge in [-0.2, -0.15) is 0 Å². The minimum atomic E-state index is -3.79. The molecule has 0 aliphatic carbocycles. The fourth-order valence-corrected chi connectivity index (χ4v) is 5.38. The van der Waals surface area contributed by atoms with Crippen molar-refractivity contribution in [1.82, 2.24) is 3.97 Å². The second kappa shape index (κ2) is 7.40. The highest BCUT2D eigenvalue weighted by Crippen LogP contribution is 2.42. The highest BCUT2D eigenvalue weighted by atomic mass is 32.2. The van der Waals surface area contributed by atoms with Crippen LogP contribution >= 0.6 is 0 Å². The van der Waals surface area contributed by atoms with Crippen molar-refractivity contribution in [1.29, 1.82) is 0 Å². The Morgan fingerprint density at radius 2 is 1.37 bits per heavy atom. The molecule has 152 valence electrons. The highest BCUT2D eigenvalue weighted by molar-refractivity contribution is 7.90. The quantitative estimate of drug-likeness (QED) is 0.488. The Balaban J connectivity index is 1.79. The largest absolute Gasteiger partial charge is 0.342 e. The maximum Gasteiger partial charge on any atom is 0.268 e. The third kappa shape index (κ3) is 2.96. The first kappa shape index (κ1) is 19.1. The molecule has 0 spiro atoms. The summed E-state index contributed by atoms with van der Waals surface area (Å²) in [5.41, 5.74) is 2.11. The topological polar surface area (TPSA) is 57.5 Å². The molecule has 0 N–H and O–H groups in total. The van der Waals surface area contributed by atoms with Crippen LogP contribution in [0.1, 0.15) is 17.5 Å². The van der Waals surface area contributed by atoms with Gasteiger partial charge < -0.3 is 9.47 Å². The van der Waals surface area contributed by atoms with Crippen molar-refractivity contribution < 1.29 is 17.9 Å². The van der Waals surface area contributed by atoms with Crippen molar-refractivity contribution in [2.75, 3.05) is 13.2 Å². The lowest BCUT2D eigenvalue weighted by molar-refractivity contribution is -0.248. The molecule has 4 aromatic rings. The number of aromatic nitrogens is 1. The summed E-state index contributed by atoms with van der Waals surface area (Å²) in [7, 11) is -3.79. The maximum absolute atomic E-state index is 13.5. The van der Waals surface area contributed by atoms with Gasteiger partial charge in [-0.3, -0.25) is 0 Å². The lowest BCUT2D eigenvalue weighted by atomic mass is 9.96. The minimum Gasteiger partial charge on any atom is -0.342 e. The Morgan fingerprint density at radius 1 is 0.767 bits per heavy atom. The first-order valence-electron chi connectivity index (χ1n) is 9.87. The predicted molar refractivity (Wildman–Crippen MR) is 115 cm³/mol. The third-order valence-electron chi connectivity index (χ3n) is 5.39. The summed E-state index contributed by atoms with van der Waals surface area (Å²) >= 11 is 0. The molecule has 3 aromatic carbocycles. The van der Waals surface area contributed by atoms with Crippen molar-refractivity contribution in [3.63, 3.8) is 0 Å². The van der Waals surface area contributed by atoms with Gasteiger partial charge in [-0.1, -0.05) is 66.7 Å². The molecule has 5 nitrogen and oxygen atoms in total. The van der Waals surface area contributed by atoms with E-state index < -0.39 is 15.8 Å². The number of nitrogens with zero attached hydrogens (tertiary/aromatic N) is 1. The van der Waals surface area contributed by atoms with Gasteiger partial charge in [0, 0.05) is 22.7 Å². The summed E-state index contributed by atoms with van der Waals surface area (Å²) in [5.74, 6) is -1.16. The molecule has 0 unspecified atom stereocenters. The van der Waals surface area contributed by atoms with Gasteiger partial charge in [-0.15, -0.1) is 0 Å². The summed E-state index contributed by atoms with van der Waals surface area (Å²) in [5, 5.41) is 0.780. The fraction of sp³-hybridized carbons (Fsp3) is 0.167. The van der Waals surface area contributed by atoms with Crippen LogP contribution in [0.2, 0.25) is 0 Å². The van der Waals surface area contributed by atoms with E-state index in [0.717, 1.165) is 17.4 Å². The van der Waals surface area contributed by atoms with Gasteiger partial charge >= 0.3 is 0 Å². The van der Waals surface area contributed by atoms with E-state index in [-0.39, 0.29) is 4.90 Å². The molecule has 0 bridgehead atoms. The third-order valence-corrected chi connectivity index (χ3v) is 7.07. The van der Waals surface area contributed by atoms with Crippen LogP contribution in [0.25, 0.3) is 10.9 Å². The molecule has 1 aliphatic rings. The molecule has 6 heteroatoms. The van der Waals surface area contributed by atoms with E-state index in [2.05, 4.69) is 0 Å². The molecular weight excluding hydrogens is 398 g/mol. The Morgan fingerprint density at radius 3 is 2.07 bits per heavy atom. The fourth-order valence-electron chi connectivity index (χ4n) is 3.98. The van der Waals surface area contributed by atoms with Crippen LogP contribution in [0, 0.1) is 0 Å². The van der Waals surface area contributed by atoms with Gasteiger partial charge in [0.05, 0.1) is 23.6 Å². The van der Waals surface area contributed by atoms with Gasteiger partial charge in [0.1, 0.15) is 0 Å². The number of benzene rings is 3. The molecule has 5 rings (SSSR count). The molecule has 1 fully saturated rings. The number of rotatable bonds is 4. The smallest absolute Gasteiger partial charge is 0.268 e. The Labute approximate surface area is 175 Å². The number of para-hydroxylation sites is 1. The predicted octanol–water partition coefficient (Wildman–Crippen LogP) is 4.52. The van der Waals surface area contributed by atoms with Crippen LogP contribution in [0.5, 0.6) is 0 Å². The lowest BCUT2D eigenvalue weighted by Crippen LogP contribution is -2.39. The lowest BCUT2D eigenvalue weighted by Gasteiger charge is -2.37. The van der Waals surface area contributed by atoms with Crippen molar-refractivity contribution in [3.05, 3.63) is 102 Å². The van der Waals surface area contributed by atoms with Crippen molar-refractivity contribution >= 4 is 20.9 Å². The summed E-state index contributed by atoms with van der Waals surface area (Å²) in [6.07, 6.45) is 2.43. The van der Waals surface area contributed by atoms with Crippen molar-refractivity contribution in [2.24, 2.45) is 0 Å². The van der Waals surface area contributed by atoms with Gasteiger partial charge in [-0.25, -0.2) is 12.4 Å². The van der Waals surface area contributed by atoms with E-state index in [1.807, 2.05) is 48.5 Å². The molecule has 1 saturated heterocycles. The first-order valence-corrected chi connectivity index (χ1v) is 11.3. The molecule has 0 amide bonds. The molecule has 1 aromatic heterocycles. The molecule has 0 atom stereocenters. The van der Waals surface area contributed by atoms with Crippen LogP contribution in [-0.4, -0.2) is 25.6 Å². The van der Waals surface area contributed by atoms with Gasteiger partial charge in [0.25, 0.3) is 10.0 Å². The zero-order valence-corrected chi connectivity index (χ0v) is 17.1. The van der Waals surface area contributed by atoms with Crippen LogP contribution < -0.4 is 0 Å². The average molecular weight is 420 g/mol. The first-order chi connectivity index (χ1) is 14.6. The molecule has 1 aliphatic heterocycles. The molecule has 0 radical (unpaired) electrons. The van der Waals surface area contributed by atoms with Gasteiger partial charge in [0.15, 0.2) is 0 Å². The minimum absolute atomic E-state index is 0.233. The van der Waals surface area contributed by atoms with Crippen LogP contribution in [0.3, 0.4) is 0 Å². The van der Waals surface area contributed by atoms with E-state index in [1.54, 1.807) is 42.6 Å². The van der Waals surface area contributed by atoms with Crippen LogP contribution in [0.4, 0.5) is 0 Å². The van der Waals surface area contributed by atoms with Crippen molar-refractivity contribution in [2.45, 2.75) is 17.1 Å². The normalized spacial score (nSPS) is 16.5.